The molecule has 2 heteroatoms. The molecule has 0 heterocycles. The van der Waals surface area contributed by atoms with Crippen molar-refractivity contribution in [3.63, 3.8) is 0 Å². The van der Waals surface area contributed by atoms with Gasteiger partial charge in [0.15, 0.2) is 0 Å². The molecule has 0 bridgehead atoms. The van der Waals surface area contributed by atoms with Gasteiger partial charge in [-0.2, -0.15) is 0 Å². The lowest BCUT2D eigenvalue weighted by Crippen LogP contribution is -2.04. The SMILES string of the molecule is NC(=O)C=Cc1ccc2ccccc2c1. The summed E-state index contributed by atoms with van der Waals surface area (Å²) >= 11 is 0. The molecule has 0 spiro atoms. The summed E-state index contributed by atoms with van der Waals surface area (Å²) in [5, 5.41) is 2.35. The van der Waals surface area contributed by atoms with E-state index in [-0.39, 0.29) is 0 Å². The van der Waals surface area contributed by atoms with Gasteiger partial charge in [0, 0.05) is 6.08 Å². The fourth-order valence-electron chi connectivity index (χ4n) is 1.49. The van der Waals surface area contributed by atoms with E-state index < -0.39 is 5.91 Å². The average molecular weight is 197 g/mol. The van der Waals surface area contributed by atoms with Gasteiger partial charge < -0.3 is 5.73 Å². The van der Waals surface area contributed by atoms with Crippen LogP contribution >= 0.6 is 0 Å². The molecule has 2 aromatic carbocycles. The first-order valence-electron chi connectivity index (χ1n) is 4.72. The van der Waals surface area contributed by atoms with E-state index in [1.165, 1.54) is 11.5 Å². The number of carbonyl (C=O) groups excluding carboxylic acids is 1. The van der Waals surface area contributed by atoms with E-state index in [1.54, 1.807) is 6.08 Å². The number of amides is 1. The minimum absolute atomic E-state index is 0.428. The number of hydrogen-bond donors (Lipinski definition) is 1. The Labute approximate surface area is 88.0 Å². The fraction of sp³-hybridized carbons (Fsp3) is 0. The predicted octanol–water partition coefficient (Wildman–Crippen LogP) is 2.34. The number of benzene rings is 2. The van der Waals surface area contributed by atoms with Gasteiger partial charge in [0.1, 0.15) is 0 Å². The standard InChI is InChI=1S/C13H11NO/c14-13(15)8-6-10-5-7-11-3-1-2-4-12(11)9-10/h1-9H,(H2,14,15). The van der Waals surface area contributed by atoms with Crippen molar-refractivity contribution < 1.29 is 4.79 Å². The molecule has 1 amide bonds. The van der Waals surface area contributed by atoms with E-state index in [2.05, 4.69) is 6.07 Å². The van der Waals surface area contributed by atoms with Crippen LogP contribution in [-0.4, -0.2) is 5.91 Å². The summed E-state index contributed by atoms with van der Waals surface area (Å²) in [5.74, 6) is -0.428. The third-order valence-electron chi connectivity index (χ3n) is 2.21. The first kappa shape index (κ1) is 9.46. The summed E-state index contributed by atoms with van der Waals surface area (Å²) in [5.41, 5.74) is 6.01. The lowest BCUT2D eigenvalue weighted by atomic mass is 10.1. The second-order valence-corrected chi connectivity index (χ2v) is 3.34. The van der Waals surface area contributed by atoms with Crippen LogP contribution in [0.1, 0.15) is 5.56 Å². The smallest absolute Gasteiger partial charge is 0.241 e. The summed E-state index contributed by atoms with van der Waals surface area (Å²) in [6.07, 6.45) is 3.08. The van der Waals surface area contributed by atoms with Gasteiger partial charge in [-0.05, 0) is 28.5 Å². The molecule has 0 aliphatic carbocycles. The molecule has 2 rings (SSSR count). The van der Waals surface area contributed by atoms with E-state index in [4.69, 9.17) is 5.73 Å². The number of hydrogen-bond acceptors (Lipinski definition) is 1. The monoisotopic (exact) mass is 197 g/mol. The van der Waals surface area contributed by atoms with E-state index in [0.29, 0.717) is 0 Å². The molecule has 74 valence electrons. The first-order chi connectivity index (χ1) is 7.25. The van der Waals surface area contributed by atoms with E-state index in [9.17, 15) is 4.79 Å². The quantitative estimate of drug-likeness (QED) is 0.738. The van der Waals surface area contributed by atoms with Crippen molar-refractivity contribution in [2.24, 2.45) is 5.73 Å². The highest BCUT2D eigenvalue weighted by Gasteiger charge is 1.93. The molecule has 0 saturated carbocycles. The second kappa shape index (κ2) is 3.96. The lowest BCUT2D eigenvalue weighted by molar-refractivity contribution is -0.113. The highest BCUT2D eigenvalue weighted by Crippen LogP contribution is 2.16. The molecule has 0 radical (unpaired) electrons. The molecular formula is C13H11NO. The maximum Gasteiger partial charge on any atom is 0.241 e. The Bertz CT molecular complexity index is 529. The predicted molar refractivity (Wildman–Crippen MR) is 62.2 cm³/mol. The minimum atomic E-state index is -0.428. The largest absolute Gasteiger partial charge is 0.366 e. The second-order valence-electron chi connectivity index (χ2n) is 3.34. The Kier molecular flexibility index (Phi) is 2.50. The van der Waals surface area contributed by atoms with Crippen molar-refractivity contribution in [2.45, 2.75) is 0 Å². The molecule has 0 aliphatic rings. The molecule has 0 saturated heterocycles. The Morgan fingerprint density at radius 2 is 1.80 bits per heavy atom. The van der Waals surface area contributed by atoms with Crippen molar-refractivity contribution in [1.29, 1.82) is 0 Å². The van der Waals surface area contributed by atoms with Crippen LogP contribution in [0.15, 0.2) is 48.5 Å². The van der Waals surface area contributed by atoms with Crippen LogP contribution in [0, 0.1) is 0 Å². The van der Waals surface area contributed by atoms with Crippen LogP contribution in [0.5, 0.6) is 0 Å². The van der Waals surface area contributed by atoms with Crippen LogP contribution in [0.2, 0.25) is 0 Å². The Morgan fingerprint density at radius 3 is 2.53 bits per heavy atom. The van der Waals surface area contributed by atoms with Crippen molar-refractivity contribution in [3.8, 4) is 0 Å². The van der Waals surface area contributed by atoms with Gasteiger partial charge in [0.25, 0.3) is 0 Å². The highest BCUT2D eigenvalue weighted by molar-refractivity contribution is 5.91. The summed E-state index contributed by atoms with van der Waals surface area (Å²) in [6, 6.07) is 14.1. The maximum atomic E-state index is 10.6. The third-order valence-corrected chi connectivity index (χ3v) is 2.21. The normalized spacial score (nSPS) is 10.9. The van der Waals surface area contributed by atoms with Gasteiger partial charge in [-0.25, -0.2) is 0 Å². The number of fused-ring (bicyclic) bond motifs is 1. The Balaban J connectivity index is 2.43. The maximum absolute atomic E-state index is 10.6. The van der Waals surface area contributed by atoms with E-state index in [1.807, 2.05) is 36.4 Å². The zero-order valence-electron chi connectivity index (χ0n) is 8.18. The molecule has 0 unspecified atom stereocenters. The zero-order valence-corrected chi connectivity index (χ0v) is 8.18. The van der Waals surface area contributed by atoms with E-state index in [0.717, 1.165) is 10.9 Å². The van der Waals surface area contributed by atoms with Crippen LogP contribution < -0.4 is 5.73 Å². The minimum Gasteiger partial charge on any atom is -0.366 e. The van der Waals surface area contributed by atoms with Crippen LogP contribution in [-0.2, 0) is 4.79 Å². The molecule has 2 aromatic rings. The van der Waals surface area contributed by atoms with Gasteiger partial charge >= 0.3 is 0 Å². The van der Waals surface area contributed by atoms with Crippen molar-refractivity contribution >= 4 is 22.8 Å². The zero-order chi connectivity index (χ0) is 10.7. The average Bonchev–Trinajstić information content (AvgIpc) is 2.26. The van der Waals surface area contributed by atoms with Crippen molar-refractivity contribution in [2.75, 3.05) is 0 Å². The van der Waals surface area contributed by atoms with Gasteiger partial charge in [0.2, 0.25) is 5.91 Å². The highest BCUT2D eigenvalue weighted by atomic mass is 16.1. The molecule has 0 aliphatic heterocycles. The molecule has 15 heavy (non-hydrogen) atoms. The van der Waals surface area contributed by atoms with Crippen LogP contribution in [0.4, 0.5) is 0 Å². The van der Waals surface area contributed by atoms with Gasteiger partial charge in [-0.1, -0.05) is 36.4 Å². The number of carbonyl (C=O) groups is 1. The number of primary amides is 1. The third kappa shape index (κ3) is 2.23. The van der Waals surface area contributed by atoms with Crippen molar-refractivity contribution in [1.82, 2.24) is 0 Å². The lowest BCUT2D eigenvalue weighted by Gasteiger charge is -1.98. The van der Waals surface area contributed by atoms with Crippen molar-refractivity contribution in [3.05, 3.63) is 54.1 Å². The topological polar surface area (TPSA) is 43.1 Å². The van der Waals surface area contributed by atoms with Gasteiger partial charge in [-0.3, -0.25) is 4.79 Å². The summed E-state index contributed by atoms with van der Waals surface area (Å²) in [4.78, 5) is 10.6. The number of rotatable bonds is 2. The van der Waals surface area contributed by atoms with E-state index >= 15 is 0 Å². The Hall–Kier alpha value is -2.09. The fourth-order valence-corrected chi connectivity index (χ4v) is 1.49. The van der Waals surface area contributed by atoms with Crippen LogP contribution in [0.3, 0.4) is 0 Å². The molecule has 2 N–H and O–H groups in total. The van der Waals surface area contributed by atoms with Gasteiger partial charge in [-0.15, -0.1) is 0 Å². The first-order valence-corrected chi connectivity index (χ1v) is 4.72. The Morgan fingerprint density at radius 1 is 1.07 bits per heavy atom. The molecule has 0 fully saturated rings. The molecule has 2 nitrogen and oxygen atoms in total. The number of nitrogens with two attached hydrogens (primary N) is 1. The summed E-state index contributed by atoms with van der Waals surface area (Å²) in [6.45, 7) is 0. The summed E-state index contributed by atoms with van der Waals surface area (Å²) in [7, 11) is 0. The molecular weight excluding hydrogens is 186 g/mol. The summed E-state index contributed by atoms with van der Waals surface area (Å²) < 4.78 is 0. The molecule has 0 aromatic heterocycles. The molecule has 0 atom stereocenters. The van der Waals surface area contributed by atoms with Crippen LogP contribution in [0.25, 0.3) is 16.8 Å². The van der Waals surface area contributed by atoms with Gasteiger partial charge in [0.05, 0.1) is 0 Å².